The van der Waals surface area contributed by atoms with Gasteiger partial charge in [0.25, 0.3) is 8.53 Å². The molecule has 47 nitrogen and oxygen atoms in total. The van der Waals surface area contributed by atoms with Crippen LogP contribution in [-0.4, -0.2) is 333 Å². The molecule has 0 bridgehead atoms. The van der Waals surface area contributed by atoms with Gasteiger partial charge in [-0.3, -0.25) is 81.5 Å². The Bertz CT molecular complexity index is 3680. The molecule has 48 heteroatoms. The highest BCUT2D eigenvalue weighted by Crippen LogP contribution is 2.49. The van der Waals surface area contributed by atoms with Crippen molar-refractivity contribution in [1.82, 2.24) is 47.2 Å². The van der Waals surface area contributed by atoms with Gasteiger partial charge in [0.2, 0.25) is 47.3 Å². The number of amides is 8. The van der Waals surface area contributed by atoms with Crippen LogP contribution in [0.2, 0.25) is 0 Å². The number of rotatable bonds is 55. The van der Waals surface area contributed by atoms with Gasteiger partial charge in [-0.2, -0.15) is 5.26 Å². The molecule has 4 rings (SSSR count). The van der Waals surface area contributed by atoms with Crippen LogP contribution < -0.4 is 42.5 Å². The number of esters is 9. The molecule has 4 aliphatic rings. The second-order valence-corrected chi connectivity index (χ2v) is 31.8. The first-order chi connectivity index (χ1) is 60.6. The van der Waals surface area contributed by atoms with Crippen LogP contribution in [0, 0.1) is 17.2 Å². The summed E-state index contributed by atoms with van der Waals surface area (Å²) in [5.41, 5.74) is 0. The number of nitriles is 1. The summed E-state index contributed by atoms with van der Waals surface area (Å²) in [7, 11) is -1.62. The third-order valence-corrected chi connectivity index (χ3v) is 21.1. The van der Waals surface area contributed by atoms with E-state index < -0.39 is 246 Å². The van der Waals surface area contributed by atoms with Crippen molar-refractivity contribution in [1.29, 1.82) is 5.26 Å². The van der Waals surface area contributed by atoms with Crippen molar-refractivity contribution in [3.63, 3.8) is 0 Å². The monoisotopic (exact) mass is 1850 g/mol. The third kappa shape index (κ3) is 41.9. The molecule has 0 aromatic rings. The van der Waals surface area contributed by atoms with Crippen molar-refractivity contribution in [3.8, 4) is 6.07 Å². The molecule has 1 aliphatic carbocycles. The van der Waals surface area contributed by atoms with Crippen LogP contribution in [0.15, 0.2) is 0 Å². The molecule has 4 fully saturated rings. The van der Waals surface area contributed by atoms with E-state index in [0.29, 0.717) is 25.7 Å². The maximum absolute atomic E-state index is 14.4. The molecule has 0 radical (unpaired) electrons. The van der Waals surface area contributed by atoms with Gasteiger partial charge in [0.05, 0.1) is 84.7 Å². The number of nitrogens with zero attached hydrogens (tertiary/aromatic N) is 2. The zero-order valence-electron chi connectivity index (χ0n) is 75.2. The lowest BCUT2D eigenvalue weighted by Crippen LogP contribution is -2.66. The SMILES string of the molecule is CC(=O)NC1C(OCCOCCNC(=O)CCC(NC(=O)CCC(NC(=O)[C@H]2CC[C@H](OP(OCCC#N)N(C(C)C)C(C)C)CC2)C(=O)NCCOCCOC2OC(COC(C)=O)C(OC(C)=O)C(OC(C)=O)C2NC(C)=O)C(=O)NCCOCCOC2OC(COC(C)=O)C(OC(C)=O)C(OC(C)=O)C2NC(C)=O)OC(COC(C)=O)C(OC(C)=O)C1OC(C)=O. The Morgan fingerprint density at radius 3 is 1.05 bits per heavy atom. The van der Waals surface area contributed by atoms with E-state index in [4.69, 9.17) is 94.3 Å². The standard InChI is InChI=1S/C80H127N10O37P/c1-43(2)90(44(3)4)128(117-30-17-26-81)127-58-20-18-57(19-21-58)75(105)89-60(77(107)84-29-33-110-36-39-113-80-68(87-47(7)93)74(123-56(16)102)71(120-53(13)99)63(126-80)42-116-50(10)96)23-25-65(104)88-59(76(106)83-28-32-109-35-38-112-79-67(86-46(6)92)73(122-55(15)101)70(119-52(12)98)62(125-79)41-115-49(9)95)22-24-64(103)82-27-31-108-34-37-111-78-66(85-45(5)91)72(121-54(14)100)69(118-51(11)97)61(124-78)40-114-48(8)94/h43-44,57-63,66-74,78-80H,17-25,27-42H2,1-16H3,(H,82,103)(H,83,106)(H,84,107)(H,85,91)(H,86,92)(H,87,93)(H,88,104)(H,89,105)/t57-,58-,59?,60?,61?,62?,63?,66?,67?,68?,69?,70?,71?,72?,73?,74?,78?,79?,80?,128?. The summed E-state index contributed by atoms with van der Waals surface area (Å²) in [6.07, 6.45) is -16.7. The van der Waals surface area contributed by atoms with Crippen molar-refractivity contribution in [3.05, 3.63) is 0 Å². The predicted molar refractivity (Wildman–Crippen MR) is 436 cm³/mol. The van der Waals surface area contributed by atoms with Crippen LogP contribution in [-0.2, 0) is 176 Å². The van der Waals surface area contributed by atoms with E-state index in [2.05, 4.69) is 53.3 Å². The number of carbonyl (C=O) groups excluding carboxylic acids is 17. The summed E-state index contributed by atoms with van der Waals surface area (Å²) < 4.78 is 116. The largest absolute Gasteiger partial charge is 0.463 e. The van der Waals surface area contributed by atoms with Crippen LogP contribution in [0.5, 0.6) is 0 Å². The van der Waals surface area contributed by atoms with Gasteiger partial charge in [0, 0.05) is 134 Å². The predicted octanol–water partition coefficient (Wildman–Crippen LogP) is -1.22. The average Bonchev–Trinajstić information content (AvgIpc) is 0.794. The second kappa shape index (κ2) is 58.9. The molecule has 18 atom stereocenters. The molecule has 3 saturated heterocycles. The molecule has 18 unspecified atom stereocenters. The number of hydrogen-bond acceptors (Lipinski definition) is 39. The van der Waals surface area contributed by atoms with Gasteiger partial charge in [0.15, 0.2) is 55.5 Å². The van der Waals surface area contributed by atoms with Crippen molar-refractivity contribution >= 4 is 110 Å². The van der Waals surface area contributed by atoms with Gasteiger partial charge in [-0.25, -0.2) is 4.67 Å². The Balaban J connectivity index is 1.55. The van der Waals surface area contributed by atoms with Crippen LogP contribution in [0.3, 0.4) is 0 Å². The normalized spacial score (nSPS) is 24.4. The fraction of sp³-hybridized carbons (Fsp3) is 0.775. The maximum atomic E-state index is 14.4. The molecule has 724 valence electrons. The Hall–Kier alpha value is -9.57. The highest BCUT2D eigenvalue weighted by atomic mass is 31.2. The highest BCUT2D eigenvalue weighted by Gasteiger charge is 2.55. The number of hydrogen-bond donors (Lipinski definition) is 8. The molecular formula is C80H127N10O37P. The van der Waals surface area contributed by atoms with E-state index in [-0.39, 0.29) is 130 Å². The molecule has 8 N–H and O–H groups in total. The van der Waals surface area contributed by atoms with Gasteiger partial charge in [-0.15, -0.1) is 0 Å². The number of carbonyl (C=O) groups is 17. The molecule has 0 aromatic carbocycles. The Morgan fingerprint density at radius 1 is 0.398 bits per heavy atom. The van der Waals surface area contributed by atoms with Gasteiger partial charge in [-0.05, 0) is 66.2 Å². The van der Waals surface area contributed by atoms with Crippen molar-refractivity contribution < 1.29 is 176 Å². The maximum Gasteiger partial charge on any atom is 0.303 e. The van der Waals surface area contributed by atoms with Crippen molar-refractivity contribution in [2.75, 3.05) is 106 Å². The van der Waals surface area contributed by atoms with Gasteiger partial charge in [-0.1, -0.05) is 0 Å². The van der Waals surface area contributed by atoms with Crippen LogP contribution in [0.25, 0.3) is 0 Å². The van der Waals surface area contributed by atoms with Crippen LogP contribution >= 0.6 is 8.53 Å². The summed E-state index contributed by atoms with van der Waals surface area (Å²) in [6, 6.07) is -4.57. The Labute approximate surface area is 743 Å². The average molecular weight is 1850 g/mol. The van der Waals surface area contributed by atoms with E-state index in [0.717, 1.165) is 69.2 Å². The van der Waals surface area contributed by atoms with Crippen LogP contribution in [0.4, 0.5) is 0 Å². The Kier molecular flexibility index (Phi) is 50.9. The molecule has 128 heavy (non-hydrogen) atoms. The summed E-state index contributed by atoms with van der Waals surface area (Å²) in [5, 5.41) is 30.5. The van der Waals surface area contributed by atoms with Gasteiger partial charge >= 0.3 is 53.7 Å². The molecular weight excluding hydrogens is 1720 g/mol. The molecule has 3 aliphatic heterocycles. The number of ether oxygens (including phenoxy) is 18. The first-order valence-corrected chi connectivity index (χ1v) is 43.2. The molecule has 0 spiro atoms. The first-order valence-electron chi connectivity index (χ1n) is 42.1. The highest BCUT2D eigenvalue weighted by molar-refractivity contribution is 7.44. The van der Waals surface area contributed by atoms with E-state index in [9.17, 15) is 86.8 Å². The lowest BCUT2D eigenvalue weighted by molar-refractivity contribution is -0.279. The van der Waals surface area contributed by atoms with E-state index in [1.807, 2.05) is 27.7 Å². The minimum atomic E-state index is -1.62. The van der Waals surface area contributed by atoms with E-state index >= 15 is 0 Å². The van der Waals surface area contributed by atoms with Crippen LogP contribution in [0.1, 0.15) is 169 Å². The summed E-state index contributed by atoms with van der Waals surface area (Å²) in [6.45, 7) is 17.7. The topological polar surface area (TPSA) is 598 Å². The summed E-state index contributed by atoms with van der Waals surface area (Å²) in [4.78, 5) is 218. The number of nitrogens with one attached hydrogen (secondary N) is 8. The fourth-order valence-corrected chi connectivity index (χ4v) is 15.6. The third-order valence-electron chi connectivity index (χ3n) is 19.0. The van der Waals surface area contributed by atoms with E-state index in [1.54, 1.807) is 0 Å². The van der Waals surface area contributed by atoms with Crippen molar-refractivity contribution in [2.24, 2.45) is 5.92 Å². The van der Waals surface area contributed by atoms with Crippen molar-refractivity contribution in [2.45, 2.75) is 291 Å². The quantitative estimate of drug-likeness (QED) is 0.0153. The lowest BCUT2D eigenvalue weighted by atomic mass is 9.86. The first kappa shape index (κ1) is 111. The molecule has 1 saturated carbocycles. The Morgan fingerprint density at radius 2 is 0.727 bits per heavy atom. The summed E-state index contributed by atoms with van der Waals surface area (Å²) in [5.74, 6) is -13.1. The zero-order chi connectivity index (χ0) is 95.3. The molecule has 3 heterocycles. The second-order valence-electron chi connectivity index (χ2n) is 30.4. The molecule has 8 amide bonds. The van der Waals surface area contributed by atoms with Gasteiger partial charge in [0.1, 0.15) is 68.3 Å². The fourth-order valence-electron chi connectivity index (χ4n) is 13.9. The van der Waals surface area contributed by atoms with Gasteiger partial charge < -0.3 is 137 Å². The summed E-state index contributed by atoms with van der Waals surface area (Å²) >= 11 is 0. The lowest BCUT2D eigenvalue weighted by Gasteiger charge is -2.44. The zero-order valence-corrected chi connectivity index (χ0v) is 76.1. The smallest absolute Gasteiger partial charge is 0.303 e. The minimum absolute atomic E-state index is 0.0165. The van der Waals surface area contributed by atoms with E-state index in [1.165, 1.54) is 13.8 Å². The molecule has 0 aromatic heterocycles. The minimum Gasteiger partial charge on any atom is -0.463 e.